The summed E-state index contributed by atoms with van der Waals surface area (Å²) in [6, 6.07) is 21.0. The molecule has 1 aliphatic carbocycles. The number of nitrogens with one attached hydrogen (secondary N) is 1. The van der Waals surface area contributed by atoms with E-state index in [1.165, 1.54) is 12.1 Å². The first-order valence-electron chi connectivity index (χ1n) is 10.4. The normalized spacial score (nSPS) is 11.7. The number of phenolic OH excluding ortho intramolecular Hbond substituents is 1. The maximum Gasteiger partial charge on any atom is 0.229 e. The lowest BCUT2D eigenvalue weighted by molar-refractivity contribution is -0.115. The molecule has 0 radical (unpaired) electrons. The molecule has 1 heterocycles. The maximum atomic E-state index is 13.2. The second-order valence-electron chi connectivity index (χ2n) is 7.85. The zero-order valence-electron chi connectivity index (χ0n) is 17.2. The Kier molecular flexibility index (Phi) is 5.11. The van der Waals surface area contributed by atoms with Crippen LogP contribution in [0.25, 0.3) is 11.3 Å². The fourth-order valence-corrected chi connectivity index (χ4v) is 3.96. The number of carbonyl (C=O) groups excluding carboxylic acids is 1. The van der Waals surface area contributed by atoms with Crippen LogP contribution in [0.5, 0.6) is 5.75 Å². The summed E-state index contributed by atoms with van der Waals surface area (Å²) in [5.74, 6) is 0.0494. The van der Waals surface area contributed by atoms with Crippen molar-refractivity contribution in [2.75, 3.05) is 5.32 Å². The van der Waals surface area contributed by atoms with E-state index in [1.807, 2.05) is 36.4 Å². The van der Waals surface area contributed by atoms with E-state index < -0.39 is 0 Å². The lowest BCUT2D eigenvalue weighted by Crippen LogP contribution is -2.18. The summed E-state index contributed by atoms with van der Waals surface area (Å²) >= 11 is 0. The second kappa shape index (κ2) is 8.23. The number of amides is 1. The number of aromatic nitrogens is 2. The molecule has 0 unspecified atom stereocenters. The van der Waals surface area contributed by atoms with Gasteiger partial charge in [-0.1, -0.05) is 42.5 Å². The summed E-state index contributed by atoms with van der Waals surface area (Å²) in [4.78, 5) is 22.4. The smallest absolute Gasteiger partial charge is 0.229 e. The van der Waals surface area contributed by atoms with Crippen LogP contribution >= 0.6 is 0 Å². The largest absolute Gasteiger partial charge is 0.508 e. The third-order valence-electron chi connectivity index (χ3n) is 5.49. The number of phenols is 1. The van der Waals surface area contributed by atoms with Crippen LogP contribution in [0, 0.1) is 5.82 Å². The van der Waals surface area contributed by atoms with Crippen molar-refractivity contribution < 1.29 is 14.3 Å². The van der Waals surface area contributed by atoms with Crippen LogP contribution in [0.1, 0.15) is 28.1 Å². The van der Waals surface area contributed by atoms with Gasteiger partial charge < -0.3 is 10.4 Å². The first-order chi connectivity index (χ1) is 15.5. The van der Waals surface area contributed by atoms with Crippen molar-refractivity contribution in [3.8, 4) is 17.0 Å². The number of hydrogen-bond acceptors (Lipinski definition) is 4. The van der Waals surface area contributed by atoms with E-state index in [4.69, 9.17) is 9.97 Å². The van der Waals surface area contributed by atoms with Gasteiger partial charge in [-0.2, -0.15) is 0 Å². The number of rotatable bonds is 5. The highest BCUT2D eigenvalue weighted by molar-refractivity contribution is 5.92. The number of benzene rings is 3. The molecule has 0 fully saturated rings. The lowest BCUT2D eigenvalue weighted by Gasteiger charge is -2.13. The molecule has 0 spiro atoms. The van der Waals surface area contributed by atoms with Gasteiger partial charge in [-0.3, -0.25) is 4.79 Å². The molecule has 0 saturated carbocycles. The summed E-state index contributed by atoms with van der Waals surface area (Å²) in [5.41, 5.74) is 5.89. The van der Waals surface area contributed by atoms with Gasteiger partial charge in [-0.05, 0) is 47.0 Å². The molecule has 0 aliphatic heterocycles. The van der Waals surface area contributed by atoms with E-state index in [1.54, 1.807) is 24.3 Å². The minimum atomic E-state index is -0.339. The minimum absolute atomic E-state index is 0.109. The molecule has 1 aromatic heterocycles. The zero-order valence-corrected chi connectivity index (χ0v) is 17.2. The van der Waals surface area contributed by atoms with Crippen LogP contribution in [0.15, 0.2) is 72.8 Å². The molecular formula is C26H20FN3O2. The number of fused-ring (bicyclic) bond motifs is 3. The van der Waals surface area contributed by atoms with Gasteiger partial charge in [0.05, 0.1) is 23.5 Å². The van der Waals surface area contributed by atoms with Gasteiger partial charge in [-0.15, -0.1) is 0 Å². The van der Waals surface area contributed by atoms with E-state index in [0.717, 1.165) is 28.1 Å². The van der Waals surface area contributed by atoms with Crippen molar-refractivity contribution in [3.05, 3.63) is 107 Å². The minimum Gasteiger partial charge on any atom is -0.508 e. The number of carbonyl (C=O) groups is 1. The number of hydrogen-bond donors (Lipinski definition) is 2. The number of halogens is 1. The monoisotopic (exact) mass is 425 g/mol. The van der Waals surface area contributed by atoms with Crippen molar-refractivity contribution in [1.29, 1.82) is 0 Å². The predicted molar refractivity (Wildman–Crippen MR) is 120 cm³/mol. The Morgan fingerprint density at radius 2 is 1.75 bits per heavy atom. The molecular weight excluding hydrogens is 405 g/mol. The van der Waals surface area contributed by atoms with Gasteiger partial charge in [0.2, 0.25) is 5.91 Å². The van der Waals surface area contributed by atoms with Crippen molar-refractivity contribution in [1.82, 2.24) is 9.97 Å². The zero-order chi connectivity index (χ0) is 22.1. The van der Waals surface area contributed by atoms with Crippen molar-refractivity contribution in [3.63, 3.8) is 0 Å². The molecule has 1 aliphatic rings. The van der Waals surface area contributed by atoms with E-state index in [-0.39, 0.29) is 23.9 Å². The van der Waals surface area contributed by atoms with Gasteiger partial charge in [0.25, 0.3) is 0 Å². The average Bonchev–Trinajstić information content (AvgIpc) is 3.12. The van der Waals surface area contributed by atoms with Crippen molar-refractivity contribution in [2.24, 2.45) is 0 Å². The molecule has 4 aromatic rings. The highest BCUT2D eigenvalue weighted by Gasteiger charge is 2.25. The third kappa shape index (κ3) is 4.07. The Bertz CT molecular complexity index is 1300. The second-order valence-corrected chi connectivity index (χ2v) is 7.85. The van der Waals surface area contributed by atoms with Crippen LogP contribution in [-0.4, -0.2) is 21.0 Å². The Morgan fingerprint density at radius 3 is 2.53 bits per heavy atom. The Morgan fingerprint density at radius 1 is 0.969 bits per heavy atom. The van der Waals surface area contributed by atoms with Gasteiger partial charge in [0.1, 0.15) is 11.6 Å². The van der Waals surface area contributed by atoms with E-state index in [0.29, 0.717) is 29.9 Å². The summed E-state index contributed by atoms with van der Waals surface area (Å²) in [5, 5.41) is 12.7. The molecule has 32 heavy (non-hydrogen) atoms. The van der Waals surface area contributed by atoms with Crippen molar-refractivity contribution >= 4 is 11.7 Å². The number of aromatic hydroxyl groups is 1. The third-order valence-corrected chi connectivity index (χ3v) is 5.49. The summed E-state index contributed by atoms with van der Waals surface area (Å²) in [6.45, 7) is 0. The summed E-state index contributed by atoms with van der Waals surface area (Å²) < 4.78 is 13.2. The molecule has 158 valence electrons. The quantitative estimate of drug-likeness (QED) is 0.429. The Balaban J connectivity index is 1.48. The standard InChI is InChI=1S/C26H20FN3O2/c27-19-8-6-17(7-9-19)13-24(32)30-26-23(12-16-4-2-1-3-5-16)28-25-21-11-10-20(31)14-18(21)15-22(25)29-26/h1-11,14,31H,12-13,15H2,(H,29,30,32). The van der Waals surface area contributed by atoms with E-state index >= 15 is 0 Å². The maximum absolute atomic E-state index is 13.2. The van der Waals surface area contributed by atoms with Gasteiger partial charge >= 0.3 is 0 Å². The first kappa shape index (κ1) is 19.9. The molecule has 1 amide bonds. The van der Waals surface area contributed by atoms with Crippen LogP contribution in [0.3, 0.4) is 0 Å². The van der Waals surface area contributed by atoms with Crippen LogP contribution in [-0.2, 0) is 24.1 Å². The predicted octanol–water partition coefficient (Wildman–Crippen LogP) is 4.66. The molecule has 6 heteroatoms. The van der Waals surface area contributed by atoms with E-state index in [2.05, 4.69) is 5.32 Å². The molecule has 5 rings (SSSR count). The van der Waals surface area contributed by atoms with Gasteiger partial charge in [-0.25, -0.2) is 14.4 Å². The van der Waals surface area contributed by atoms with Crippen LogP contribution in [0.4, 0.5) is 10.2 Å². The first-order valence-corrected chi connectivity index (χ1v) is 10.4. The fourth-order valence-electron chi connectivity index (χ4n) is 3.96. The van der Waals surface area contributed by atoms with Gasteiger partial charge in [0.15, 0.2) is 5.82 Å². The molecule has 5 nitrogen and oxygen atoms in total. The summed E-state index contributed by atoms with van der Waals surface area (Å²) in [6.07, 6.45) is 1.16. The SMILES string of the molecule is O=C(Cc1ccc(F)cc1)Nc1nc2c(nc1Cc1ccccc1)-c1ccc(O)cc1C2. The Labute approximate surface area is 184 Å². The number of anilines is 1. The fraction of sp³-hybridized carbons (Fsp3) is 0.115. The van der Waals surface area contributed by atoms with E-state index in [9.17, 15) is 14.3 Å². The molecule has 0 atom stereocenters. The topological polar surface area (TPSA) is 75.1 Å². The molecule has 0 bridgehead atoms. The highest BCUT2D eigenvalue weighted by Crippen LogP contribution is 2.37. The highest BCUT2D eigenvalue weighted by atomic mass is 19.1. The lowest BCUT2D eigenvalue weighted by atomic mass is 10.1. The van der Waals surface area contributed by atoms with Crippen LogP contribution < -0.4 is 5.32 Å². The Hall–Kier alpha value is -4.06. The summed E-state index contributed by atoms with van der Waals surface area (Å²) in [7, 11) is 0. The van der Waals surface area contributed by atoms with Crippen molar-refractivity contribution in [2.45, 2.75) is 19.3 Å². The molecule has 2 N–H and O–H groups in total. The molecule has 3 aromatic carbocycles. The molecule has 0 saturated heterocycles. The number of nitrogens with zero attached hydrogens (tertiary/aromatic N) is 2. The average molecular weight is 425 g/mol. The van der Waals surface area contributed by atoms with Gasteiger partial charge in [0, 0.05) is 18.4 Å². The van der Waals surface area contributed by atoms with Crippen LogP contribution in [0.2, 0.25) is 0 Å².